The normalized spacial score (nSPS) is 18.3. The second-order valence-electron chi connectivity index (χ2n) is 6.53. The lowest BCUT2D eigenvalue weighted by Crippen LogP contribution is -2.41. The molecule has 23 heavy (non-hydrogen) atoms. The lowest BCUT2D eigenvalue weighted by Gasteiger charge is -2.28. The van der Waals surface area contributed by atoms with Crippen LogP contribution in [0.15, 0.2) is 30.3 Å². The van der Waals surface area contributed by atoms with Gasteiger partial charge in [0.2, 0.25) is 0 Å². The molecule has 0 bridgehead atoms. The summed E-state index contributed by atoms with van der Waals surface area (Å²) in [5.41, 5.74) is 6.63. The Hall–Kier alpha value is -1.59. The van der Waals surface area contributed by atoms with Gasteiger partial charge in [0, 0.05) is 32.2 Å². The predicted molar refractivity (Wildman–Crippen MR) is 92.1 cm³/mol. The first-order valence-electron chi connectivity index (χ1n) is 8.50. The Morgan fingerprint density at radius 3 is 2.78 bits per heavy atom. The van der Waals surface area contributed by atoms with E-state index in [0.717, 1.165) is 38.2 Å². The maximum absolute atomic E-state index is 12.4. The molecule has 0 aliphatic carbocycles. The van der Waals surface area contributed by atoms with Crippen molar-refractivity contribution < 1.29 is 9.53 Å². The highest BCUT2D eigenvalue weighted by molar-refractivity contribution is 5.68. The van der Waals surface area contributed by atoms with Gasteiger partial charge in [0.25, 0.3) is 0 Å². The van der Waals surface area contributed by atoms with E-state index in [1.165, 1.54) is 0 Å². The first-order valence-corrected chi connectivity index (χ1v) is 8.50. The van der Waals surface area contributed by atoms with Crippen molar-refractivity contribution in [3.8, 4) is 0 Å². The number of ether oxygens (including phenoxy) is 1. The molecule has 1 heterocycles. The van der Waals surface area contributed by atoms with Crippen molar-refractivity contribution in [3.63, 3.8) is 0 Å². The number of hydrogen-bond donors (Lipinski definition) is 1. The van der Waals surface area contributed by atoms with E-state index in [4.69, 9.17) is 10.5 Å². The van der Waals surface area contributed by atoms with Crippen LogP contribution in [0.1, 0.15) is 25.8 Å². The molecule has 0 unspecified atom stereocenters. The average Bonchev–Trinajstić information content (AvgIpc) is 2.99. The molecule has 5 nitrogen and oxygen atoms in total. The molecule has 1 amide bonds. The molecule has 1 atom stereocenters. The highest BCUT2D eigenvalue weighted by atomic mass is 16.6. The minimum Gasteiger partial charge on any atom is -0.445 e. The molecule has 1 aliphatic heterocycles. The van der Waals surface area contributed by atoms with Crippen molar-refractivity contribution in [2.45, 2.75) is 32.9 Å². The van der Waals surface area contributed by atoms with Gasteiger partial charge in [-0.3, -0.25) is 0 Å². The van der Waals surface area contributed by atoms with Gasteiger partial charge in [-0.2, -0.15) is 0 Å². The number of amides is 1. The van der Waals surface area contributed by atoms with Crippen LogP contribution >= 0.6 is 0 Å². The minimum absolute atomic E-state index is 0.141. The molecule has 0 saturated carbocycles. The minimum atomic E-state index is -0.221. The van der Waals surface area contributed by atoms with Gasteiger partial charge < -0.3 is 20.3 Å². The summed E-state index contributed by atoms with van der Waals surface area (Å²) < 4.78 is 5.49. The zero-order chi connectivity index (χ0) is 16.7. The first kappa shape index (κ1) is 17.8. The summed E-state index contributed by atoms with van der Waals surface area (Å²) in [5, 5.41) is 0. The van der Waals surface area contributed by atoms with Crippen molar-refractivity contribution in [1.29, 1.82) is 0 Å². The average molecular weight is 319 g/mol. The Balaban J connectivity index is 1.84. The zero-order valence-corrected chi connectivity index (χ0v) is 14.3. The number of carbonyl (C=O) groups is 1. The van der Waals surface area contributed by atoms with Crippen LogP contribution in [0.3, 0.4) is 0 Å². The van der Waals surface area contributed by atoms with Crippen molar-refractivity contribution in [1.82, 2.24) is 9.80 Å². The Bertz CT molecular complexity index is 478. The van der Waals surface area contributed by atoms with Gasteiger partial charge in [0.15, 0.2) is 0 Å². The molecule has 128 valence electrons. The molecule has 0 spiro atoms. The molecule has 1 aromatic rings. The van der Waals surface area contributed by atoms with Crippen molar-refractivity contribution in [2.75, 3.05) is 32.7 Å². The number of hydrogen-bond acceptors (Lipinski definition) is 4. The summed E-state index contributed by atoms with van der Waals surface area (Å²) in [6.45, 7) is 8.89. The summed E-state index contributed by atoms with van der Waals surface area (Å²) in [6.07, 6.45) is 0.899. The SMILES string of the molecule is CC(C)N(C[C@@H]1CCN(CCN)C1)C(=O)OCc1ccccc1. The van der Waals surface area contributed by atoms with E-state index in [0.29, 0.717) is 19.1 Å². The number of carbonyl (C=O) groups excluding carboxylic acids is 1. The topological polar surface area (TPSA) is 58.8 Å². The molecule has 2 rings (SSSR count). The third kappa shape index (κ3) is 5.52. The fraction of sp³-hybridized carbons (Fsp3) is 0.611. The van der Waals surface area contributed by atoms with Crippen LogP contribution in [0.4, 0.5) is 4.79 Å². The monoisotopic (exact) mass is 319 g/mol. The van der Waals surface area contributed by atoms with Gasteiger partial charge in [0.1, 0.15) is 6.61 Å². The number of nitrogens with zero attached hydrogens (tertiary/aromatic N) is 2. The summed E-state index contributed by atoms with van der Waals surface area (Å²) in [5.74, 6) is 0.508. The number of likely N-dealkylation sites (tertiary alicyclic amines) is 1. The van der Waals surface area contributed by atoms with E-state index in [2.05, 4.69) is 4.90 Å². The van der Waals surface area contributed by atoms with Crippen LogP contribution in [0.2, 0.25) is 0 Å². The van der Waals surface area contributed by atoms with Crippen molar-refractivity contribution in [2.24, 2.45) is 11.7 Å². The molecule has 0 radical (unpaired) electrons. The maximum Gasteiger partial charge on any atom is 0.410 e. The van der Waals surface area contributed by atoms with Crippen LogP contribution in [0.25, 0.3) is 0 Å². The molecular weight excluding hydrogens is 290 g/mol. The third-order valence-electron chi connectivity index (χ3n) is 4.33. The first-order chi connectivity index (χ1) is 11.1. The molecule has 0 aromatic heterocycles. The Morgan fingerprint density at radius 2 is 2.13 bits per heavy atom. The molecule has 2 N–H and O–H groups in total. The van der Waals surface area contributed by atoms with Gasteiger partial charge >= 0.3 is 6.09 Å². The van der Waals surface area contributed by atoms with Crippen LogP contribution in [0, 0.1) is 5.92 Å². The maximum atomic E-state index is 12.4. The largest absolute Gasteiger partial charge is 0.445 e. The Morgan fingerprint density at radius 1 is 1.39 bits per heavy atom. The van der Waals surface area contributed by atoms with E-state index in [1.807, 2.05) is 49.1 Å². The van der Waals surface area contributed by atoms with E-state index in [9.17, 15) is 4.79 Å². The molecule has 1 aromatic carbocycles. The highest BCUT2D eigenvalue weighted by Crippen LogP contribution is 2.19. The number of rotatable bonds is 7. The Kier molecular flexibility index (Phi) is 6.86. The van der Waals surface area contributed by atoms with Crippen LogP contribution < -0.4 is 5.73 Å². The van der Waals surface area contributed by atoms with Gasteiger partial charge in [-0.05, 0) is 38.3 Å². The Labute approximate surface area is 139 Å². The van der Waals surface area contributed by atoms with Gasteiger partial charge in [-0.25, -0.2) is 4.79 Å². The summed E-state index contributed by atoms with van der Waals surface area (Å²) in [6, 6.07) is 9.94. The van der Waals surface area contributed by atoms with Gasteiger partial charge in [-0.1, -0.05) is 30.3 Å². The number of benzene rings is 1. The standard InChI is InChI=1S/C18H29N3O2/c1-15(2)21(13-17-8-10-20(12-17)11-9-19)18(22)23-14-16-6-4-3-5-7-16/h3-7,15,17H,8-14,19H2,1-2H3/t17-/m1/s1. The lowest BCUT2D eigenvalue weighted by molar-refractivity contribution is 0.0794. The zero-order valence-electron chi connectivity index (χ0n) is 14.3. The van der Waals surface area contributed by atoms with E-state index in [1.54, 1.807) is 0 Å². The molecule has 5 heteroatoms. The van der Waals surface area contributed by atoms with Crippen molar-refractivity contribution >= 4 is 6.09 Å². The molecular formula is C18H29N3O2. The van der Waals surface area contributed by atoms with Crippen LogP contribution in [-0.4, -0.2) is 54.7 Å². The summed E-state index contributed by atoms with van der Waals surface area (Å²) in [7, 11) is 0. The predicted octanol–water partition coefficient (Wildman–Crippen LogP) is 2.31. The van der Waals surface area contributed by atoms with E-state index in [-0.39, 0.29) is 12.1 Å². The van der Waals surface area contributed by atoms with E-state index < -0.39 is 0 Å². The molecule has 1 fully saturated rings. The second kappa shape index (κ2) is 8.89. The summed E-state index contributed by atoms with van der Waals surface area (Å²) in [4.78, 5) is 16.6. The second-order valence-corrected chi connectivity index (χ2v) is 6.53. The fourth-order valence-corrected chi connectivity index (χ4v) is 3.02. The van der Waals surface area contributed by atoms with Crippen molar-refractivity contribution in [3.05, 3.63) is 35.9 Å². The van der Waals surface area contributed by atoms with Crippen LogP contribution in [0.5, 0.6) is 0 Å². The smallest absolute Gasteiger partial charge is 0.410 e. The fourth-order valence-electron chi connectivity index (χ4n) is 3.02. The van der Waals surface area contributed by atoms with E-state index >= 15 is 0 Å². The highest BCUT2D eigenvalue weighted by Gasteiger charge is 2.27. The van der Waals surface area contributed by atoms with Crippen LogP contribution in [-0.2, 0) is 11.3 Å². The molecule has 1 aliphatic rings. The lowest BCUT2D eigenvalue weighted by atomic mass is 10.1. The number of nitrogens with two attached hydrogens (primary N) is 1. The molecule has 1 saturated heterocycles. The summed E-state index contributed by atoms with van der Waals surface area (Å²) >= 11 is 0. The van der Waals surface area contributed by atoms with Gasteiger partial charge in [-0.15, -0.1) is 0 Å². The third-order valence-corrected chi connectivity index (χ3v) is 4.33. The van der Waals surface area contributed by atoms with Gasteiger partial charge in [0.05, 0.1) is 0 Å². The quantitative estimate of drug-likeness (QED) is 0.838.